The van der Waals surface area contributed by atoms with Crippen molar-refractivity contribution in [3.63, 3.8) is 0 Å². The highest BCUT2D eigenvalue weighted by Crippen LogP contribution is 2.50. The van der Waals surface area contributed by atoms with Gasteiger partial charge in [0, 0.05) is 13.0 Å². The van der Waals surface area contributed by atoms with Gasteiger partial charge in [-0.3, -0.25) is 9.10 Å². The van der Waals surface area contributed by atoms with E-state index in [1.54, 1.807) is 0 Å². The maximum atomic E-state index is 11.3. The van der Waals surface area contributed by atoms with Crippen LogP contribution in [0.1, 0.15) is 19.3 Å². The smallest absolute Gasteiger partial charge is 0.231 e. The first-order valence-electron chi connectivity index (χ1n) is 3.78. The van der Waals surface area contributed by atoms with Gasteiger partial charge in [0.15, 0.2) is 0 Å². The summed E-state index contributed by atoms with van der Waals surface area (Å²) in [5.41, 5.74) is 0. The third-order valence-electron chi connectivity index (χ3n) is 1.82. The van der Waals surface area contributed by atoms with Crippen LogP contribution in [0, 0.1) is 0 Å². The molecule has 1 aliphatic rings. The Morgan fingerprint density at radius 2 is 2.09 bits per heavy atom. The number of nitrogens with zero attached hydrogens (tertiary/aromatic N) is 1. The second-order valence-corrected chi connectivity index (χ2v) is 8.74. The SMILES string of the molecule is CS(C)(S)N1CCCCC1=O. The van der Waals surface area contributed by atoms with E-state index in [1.165, 1.54) is 0 Å². The van der Waals surface area contributed by atoms with Gasteiger partial charge in [0.05, 0.1) is 0 Å². The van der Waals surface area contributed by atoms with Gasteiger partial charge in [-0.05, 0) is 25.4 Å². The van der Waals surface area contributed by atoms with Crippen LogP contribution in [0.2, 0.25) is 0 Å². The van der Waals surface area contributed by atoms with E-state index in [4.69, 9.17) is 0 Å². The minimum atomic E-state index is -1.10. The highest BCUT2D eigenvalue weighted by molar-refractivity contribution is 8.86. The fraction of sp³-hybridized carbons (Fsp3) is 0.857. The van der Waals surface area contributed by atoms with E-state index in [9.17, 15) is 4.79 Å². The fourth-order valence-corrected chi connectivity index (χ4v) is 2.94. The third kappa shape index (κ3) is 2.30. The zero-order chi connectivity index (χ0) is 8.48. The molecule has 0 spiro atoms. The van der Waals surface area contributed by atoms with Crippen molar-refractivity contribution in [3.8, 4) is 0 Å². The molecule has 0 saturated carbocycles. The van der Waals surface area contributed by atoms with E-state index in [0.717, 1.165) is 25.8 Å². The number of amides is 1. The lowest BCUT2D eigenvalue weighted by Gasteiger charge is -2.41. The summed E-state index contributed by atoms with van der Waals surface area (Å²) in [6.07, 6.45) is 7.00. The van der Waals surface area contributed by atoms with E-state index in [-0.39, 0.29) is 5.91 Å². The Labute approximate surface area is 74.6 Å². The fourth-order valence-electron chi connectivity index (χ4n) is 1.25. The molecule has 1 fully saturated rings. The van der Waals surface area contributed by atoms with Gasteiger partial charge in [-0.1, -0.05) is 0 Å². The number of piperidine rings is 1. The molecular formula is C7H15NOS2. The molecule has 0 bridgehead atoms. The first-order chi connectivity index (χ1) is 5.02. The number of carbonyl (C=O) groups is 1. The first-order valence-corrected chi connectivity index (χ1v) is 7.24. The van der Waals surface area contributed by atoms with Gasteiger partial charge in [-0.2, -0.15) is 0 Å². The van der Waals surface area contributed by atoms with Gasteiger partial charge >= 0.3 is 0 Å². The van der Waals surface area contributed by atoms with Crippen LogP contribution < -0.4 is 0 Å². The van der Waals surface area contributed by atoms with Crippen LogP contribution in [-0.4, -0.2) is 29.3 Å². The molecule has 66 valence electrons. The molecule has 1 heterocycles. The molecule has 1 rings (SSSR count). The molecule has 2 nitrogen and oxygen atoms in total. The summed E-state index contributed by atoms with van der Waals surface area (Å²) in [5, 5.41) is 0. The maximum absolute atomic E-state index is 11.3. The van der Waals surface area contributed by atoms with Crippen LogP contribution in [-0.2, 0) is 4.79 Å². The standard InChI is InChI=1S/C7H15NOS2/c1-11(2,10)8-6-4-3-5-7(8)9/h10H,3-6H2,1-2H3. The summed E-state index contributed by atoms with van der Waals surface area (Å²) < 4.78 is 1.93. The minimum Gasteiger partial charge on any atom is -0.297 e. The molecule has 1 aliphatic heterocycles. The monoisotopic (exact) mass is 193 g/mol. The van der Waals surface area contributed by atoms with Crippen molar-refractivity contribution in [3.05, 3.63) is 0 Å². The van der Waals surface area contributed by atoms with Crippen LogP contribution in [0.15, 0.2) is 0 Å². The number of rotatable bonds is 1. The van der Waals surface area contributed by atoms with Crippen molar-refractivity contribution in [2.24, 2.45) is 0 Å². The third-order valence-corrected chi connectivity index (χ3v) is 3.88. The zero-order valence-corrected chi connectivity index (χ0v) is 8.75. The Morgan fingerprint density at radius 3 is 2.45 bits per heavy atom. The van der Waals surface area contributed by atoms with Gasteiger partial charge in [0.2, 0.25) is 5.91 Å². The average molecular weight is 193 g/mol. The Balaban J connectivity index is 2.62. The van der Waals surface area contributed by atoms with Crippen molar-refractivity contribution >= 4 is 26.8 Å². The van der Waals surface area contributed by atoms with Gasteiger partial charge in [0.1, 0.15) is 0 Å². The molecule has 11 heavy (non-hydrogen) atoms. The normalized spacial score (nSPS) is 22.1. The van der Waals surface area contributed by atoms with E-state index in [2.05, 4.69) is 11.7 Å². The average Bonchev–Trinajstić information content (AvgIpc) is 1.86. The first kappa shape index (κ1) is 9.26. The van der Waals surface area contributed by atoms with Gasteiger partial charge in [-0.25, -0.2) is 0 Å². The lowest BCUT2D eigenvalue weighted by atomic mass is 10.2. The Bertz CT molecular complexity index is 164. The van der Waals surface area contributed by atoms with Crippen LogP contribution in [0.4, 0.5) is 0 Å². The van der Waals surface area contributed by atoms with Crippen LogP contribution in [0.5, 0.6) is 0 Å². The molecule has 1 saturated heterocycles. The molecule has 1 amide bonds. The van der Waals surface area contributed by atoms with Gasteiger partial charge < -0.3 is 0 Å². The van der Waals surface area contributed by atoms with E-state index in [0.29, 0.717) is 0 Å². The van der Waals surface area contributed by atoms with E-state index >= 15 is 0 Å². The molecule has 0 unspecified atom stereocenters. The summed E-state index contributed by atoms with van der Waals surface area (Å²) in [5.74, 6) is 0.284. The molecule has 0 aromatic heterocycles. The molecule has 0 N–H and O–H groups in total. The number of hydrogen-bond donors (Lipinski definition) is 1. The molecule has 0 aromatic rings. The summed E-state index contributed by atoms with van der Waals surface area (Å²) in [6.45, 7) is 0.907. The van der Waals surface area contributed by atoms with Crippen LogP contribution in [0.3, 0.4) is 0 Å². The minimum absolute atomic E-state index is 0.284. The summed E-state index contributed by atoms with van der Waals surface area (Å²) in [7, 11) is -1.10. The molecule has 4 heteroatoms. The van der Waals surface area contributed by atoms with Crippen LogP contribution >= 0.6 is 20.9 Å². The quantitative estimate of drug-likeness (QED) is 0.497. The highest BCUT2D eigenvalue weighted by Gasteiger charge is 2.25. The van der Waals surface area contributed by atoms with E-state index < -0.39 is 9.25 Å². The number of thiol groups is 1. The van der Waals surface area contributed by atoms with Gasteiger partial charge in [0.25, 0.3) is 0 Å². The summed E-state index contributed by atoms with van der Waals surface area (Å²) in [4.78, 5) is 11.3. The maximum Gasteiger partial charge on any atom is 0.231 e. The topological polar surface area (TPSA) is 20.3 Å². The van der Waals surface area contributed by atoms with Crippen LogP contribution in [0.25, 0.3) is 0 Å². The van der Waals surface area contributed by atoms with Gasteiger partial charge in [-0.15, -0.1) is 20.9 Å². The Kier molecular flexibility index (Phi) is 2.75. The summed E-state index contributed by atoms with van der Waals surface area (Å²) >= 11 is 4.45. The Hall–Kier alpha value is 0.170. The molecular weight excluding hydrogens is 178 g/mol. The molecule has 0 radical (unpaired) electrons. The predicted octanol–water partition coefficient (Wildman–Crippen LogP) is 1.82. The number of carbonyl (C=O) groups excluding carboxylic acids is 1. The van der Waals surface area contributed by atoms with Crippen molar-refractivity contribution in [1.29, 1.82) is 0 Å². The highest BCUT2D eigenvalue weighted by atomic mass is 33.1. The summed E-state index contributed by atoms with van der Waals surface area (Å²) in [6, 6.07) is 0. The predicted molar refractivity (Wildman–Crippen MR) is 54.0 cm³/mol. The molecule has 0 aromatic carbocycles. The zero-order valence-electron chi connectivity index (χ0n) is 7.04. The second-order valence-electron chi connectivity index (χ2n) is 3.17. The Morgan fingerprint density at radius 1 is 1.45 bits per heavy atom. The second kappa shape index (κ2) is 3.27. The van der Waals surface area contributed by atoms with E-state index in [1.807, 2.05) is 16.8 Å². The van der Waals surface area contributed by atoms with Crippen molar-refractivity contribution < 1.29 is 4.79 Å². The lowest BCUT2D eigenvalue weighted by molar-refractivity contribution is -0.127. The number of hydrogen-bond acceptors (Lipinski definition) is 2. The molecule has 0 atom stereocenters. The molecule has 0 aliphatic carbocycles. The lowest BCUT2D eigenvalue weighted by Crippen LogP contribution is -2.34. The van der Waals surface area contributed by atoms with Crippen molar-refractivity contribution in [2.75, 3.05) is 19.1 Å². The largest absolute Gasteiger partial charge is 0.297 e. The van der Waals surface area contributed by atoms with Crippen molar-refractivity contribution in [2.45, 2.75) is 19.3 Å². The van der Waals surface area contributed by atoms with Crippen molar-refractivity contribution in [1.82, 2.24) is 4.31 Å².